The van der Waals surface area contributed by atoms with E-state index in [0.29, 0.717) is 6.42 Å². The van der Waals surface area contributed by atoms with E-state index in [2.05, 4.69) is 13.8 Å². The van der Waals surface area contributed by atoms with Crippen molar-refractivity contribution in [3.63, 3.8) is 0 Å². The molecule has 1 fully saturated rings. The maximum atomic E-state index is 12.2. The summed E-state index contributed by atoms with van der Waals surface area (Å²) >= 11 is 0. The summed E-state index contributed by atoms with van der Waals surface area (Å²) in [6.45, 7) is 7.91. The molecule has 1 N–H and O–H groups in total. The van der Waals surface area contributed by atoms with Crippen LogP contribution in [0.25, 0.3) is 0 Å². The minimum atomic E-state index is -0.779. The van der Waals surface area contributed by atoms with Crippen molar-refractivity contribution in [1.82, 2.24) is 4.90 Å². The Morgan fingerprint density at radius 3 is 2.50 bits per heavy atom. The molecule has 0 aromatic carbocycles. The molecule has 1 rings (SSSR count). The Labute approximate surface area is 109 Å². The first-order chi connectivity index (χ1) is 8.43. The molecule has 0 radical (unpaired) electrons. The van der Waals surface area contributed by atoms with E-state index in [-0.39, 0.29) is 23.9 Å². The zero-order valence-electron chi connectivity index (χ0n) is 11.8. The van der Waals surface area contributed by atoms with E-state index in [9.17, 15) is 14.7 Å². The fourth-order valence-corrected chi connectivity index (χ4v) is 3.24. The number of carboxylic acids is 1. The topological polar surface area (TPSA) is 57.6 Å². The number of nitrogens with zero attached hydrogens (tertiary/aromatic N) is 1. The molecular formula is C14H25NO3. The molecule has 4 heteroatoms. The molecule has 0 aromatic heterocycles. The van der Waals surface area contributed by atoms with E-state index in [1.165, 1.54) is 0 Å². The monoisotopic (exact) mass is 255 g/mol. The molecule has 1 saturated heterocycles. The molecule has 0 saturated carbocycles. The first-order valence-electron chi connectivity index (χ1n) is 6.97. The third kappa shape index (κ3) is 2.85. The Balaban J connectivity index is 2.95. The third-order valence-electron chi connectivity index (χ3n) is 4.13. The van der Waals surface area contributed by atoms with Gasteiger partial charge in [0.05, 0.1) is 5.92 Å². The van der Waals surface area contributed by atoms with Gasteiger partial charge < -0.3 is 10.0 Å². The first kappa shape index (κ1) is 15.0. The zero-order chi connectivity index (χ0) is 13.9. The lowest BCUT2D eigenvalue weighted by Crippen LogP contribution is -2.56. The number of amides is 1. The Kier molecular flexibility index (Phi) is 5.17. The van der Waals surface area contributed by atoms with Crippen molar-refractivity contribution < 1.29 is 14.7 Å². The third-order valence-corrected chi connectivity index (χ3v) is 4.13. The molecule has 0 aliphatic carbocycles. The summed E-state index contributed by atoms with van der Waals surface area (Å²) in [5, 5.41) is 9.33. The zero-order valence-corrected chi connectivity index (χ0v) is 11.8. The Morgan fingerprint density at radius 1 is 1.44 bits per heavy atom. The molecule has 4 atom stereocenters. The second-order valence-electron chi connectivity index (χ2n) is 5.44. The van der Waals surface area contributed by atoms with E-state index < -0.39 is 11.9 Å². The van der Waals surface area contributed by atoms with Gasteiger partial charge in [-0.3, -0.25) is 9.59 Å². The number of hydrogen-bond donors (Lipinski definition) is 1. The number of aliphatic carboxylic acids is 1. The molecule has 1 amide bonds. The van der Waals surface area contributed by atoms with Gasteiger partial charge in [-0.1, -0.05) is 27.2 Å². The van der Waals surface area contributed by atoms with Crippen LogP contribution in [0.3, 0.4) is 0 Å². The molecule has 4 unspecified atom stereocenters. The Hall–Kier alpha value is -1.06. The van der Waals surface area contributed by atoms with Crippen LogP contribution in [0.1, 0.15) is 53.4 Å². The van der Waals surface area contributed by atoms with Crippen molar-refractivity contribution >= 4 is 11.9 Å². The van der Waals surface area contributed by atoms with Crippen LogP contribution < -0.4 is 0 Å². The van der Waals surface area contributed by atoms with Crippen molar-refractivity contribution in [3.8, 4) is 0 Å². The smallest absolute Gasteiger partial charge is 0.308 e. The second-order valence-corrected chi connectivity index (χ2v) is 5.44. The highest BCUT2D eigenvalue weighted by atomic mass is 16.4. The lowest BCUT2D eigenvalue weighted by atomic mass is 9.80. The fourth-order valence-electron chi connectivity index (χ4n) is 3.24. The summed E-state index contributed by atoms with van der Waals surface area (Å²) < 4.78 is 0. The van der Waals surface area contributed by atoms with Gasteiger partial charge in [-0.15, -0.1) is 0 Å². The predicted octanol–water partition coefficient (Wildman–Crippen LogP) is 2.52. The minimum absolute atomic E-state index is 0.0691. The highest BCUT2D eigenvalue weighted by molar-refractivity contribution is 5.82. The number of carbonyl (C=O) groups excluding carboxylic acids is 1. The quantitative estimate of drug-likeness (QED) is 0.821. The van der Waals surface area contributed by atoms with E-state index >= 15 is 0 Å². The molecule has 4 nitrogen and oxygen atoms in total. The lowest BCUT2D eigenvalue weighted by Gasteiger charge is -2.44. The maximum absolute atomic E-state index is 12.2. The molecule has 0 spiro atoms. The Morgan fingerprint density at radius 2 is 2.06 bits per heavy atom. The largest absolute Gasteiger partial charge is 0.481 e. The van der Waals surface area contributed by atoms with Crippen molar-refractivity contribution in [1.29, 1.82) is 0 Å². The summed E-state index contributed by atoms with van der Waals surface area (Å²) in [5.41, 5.74) is 0. The van der Waals surface area contributed by atoms with Crippen LogP contribution in [-0.2, 0) is 9.59 Å². The number of likely N-dealkylation sites (tertiary alicyclic amines) is 1. The van der Waals surface area contributed by atoms with Gasteiger partial charge >= 0.3 is 5.97 Å². The summed E-state index contributed by atoms with van der Waals surface area (Å²) in [6.07, 6.45) is 3.22. The molecule has 1 aliphatic rings. The first-order valence-corrected chi connectivity index (χ1v) is 6.97. The number of carbonyl (C=O) groups is 2. The van der Waals surface area contributed by atoms with Crippen molar-refractivity contribution in [3.05, 3.63) is 0 Å². The molecule has 18 heavy (non-hydrogen) atoms. The van der Waals surface area contributed by atoms with Crippen LogP contribution in [0.4, 0.5) is 0 Å². The van der Waals surface area contributed by atoms with Crippen LogP contribution in [0, 0.1) is 11.8 Å². The molecule has 0 bridgehead atoms. The SMILES string of the molecule is CCCC(CC)N1C(=O)CC(C)C(C(=O)O)C1C. The number of rotatable bonds is 5. The van der Waals surface area contributed by atoms with Gasteiger partial charge in [0.2, 0.25) is 5.91 Å². The number of piperidine rings is 1. The van der Waals surface area contributed by atoms with Crippen molar-refractivity contribution in [2.24, 2.45) is 11.8 Å². The van der Waals surface area contributed by atoms with Gasteiger partial charge in [0.15, 0.2) is 0 Å². The highest BCUT2D eigenvalue weighted by Gasteiger charge is 2.43. The van der Waals surface area contributed by atoms with Crippen LogP contribution >= 0.6 is 0 Å². The summed E-state index contributed by atoms with van der Waals surface area (Å²) in [6, 6.07) is -0.0119. The van der Waals surface area contributed by atoms with Crippen molar-refractivity contribution in [2.45, 2.75) is 65.5 Å². The average Bonchev–Trinajstić information content (AvgIpc) is 2.26. The van der Waals surface area contributed by atoms with Gasteiger partial charge in [0.25, 0.3) is 0 Å². The van der Waals surface area contributed by atoms with Crippen LogP contribution in [0.2, 0.25) is 0 Å². The van der Waals surface area contributed by atoms with E-state index in [4.69, 9.17) is 0 Å². The van der Waals surface area contributed by atoms with Gasteiger partial charge in [-0.2, -0.15) is 0 Å². The normalized spacial score (nSPS) is 30.3. The van der Waals surface area contributed by atoms with E-state index in [1.54, 1.807) is 0 Å². The van der Waals surface area contributed by atoms with Crippen LogP contribution in [-0.4, -0.2) is 34.0 Å². The van der Waals surface area contributed by atoms with Crippen LogP contribution in [0.5, 0.6) is 0 Å². The fraction of sp³-hybridized carbons (Fsp3) is 0.857. The standard InChI is InChI=1S/C14H25NO3/c1-5-7-11(6-2)15-10(4)13(14(17)18)9(3)8-12(15)16/h9-11,13H,5-8H2,1-4H3,(H,17,18). The van der Waals surface area contributed by atoms with Gasteiger partial charge in [-0.05, 0) is 25.7 Å². The van der Waals surface area contributed by atoms with Crippen LogP contribution in [0.15, 0.2) is 0 Å². The molecular weight excluding hydrogens is 230 g/mol. The number of hydrogen-bond acceptors (Lipinski definition) is 2. The summed E-state index contributed by atoms with van der Waals surface area (Å²) in [7, 11) is 0. The average molecular weight is 255 g/mol. The molecule has 1 heterocycles. The van der Waals surface area contributed by atoms with E-state index in [1.807, 2.05) is 18.7 Å². The highest BCUT2D eigenvalue weighted by Crippen LogP contribution is 2.32. The predicted molar refractivity (Wildman–Crippen MR) is 70.2 cm³/mol. The lowest BCUT2D eigenvalue weighted by molar-refractivity contribution is -0.157. The van der Waals surface area contributed by atoms with Crippen molar-refractivity contribution in [2.75, 3.05) is 0 Å². The molecule has 0 aromatic rings. The maximum Gasteiger partial charge on any atom is 0.308 e. The van der Waals surface area contributed by atoms with Gasteiger partial charge in [0.1, 0.15) is 0 Å². The van der Waals surface area contributed by atoms with E-state index in [0.717, 1.165) is 19.3 Å². The summed E-state index contributed by atoms with van der Waals surface area (Å²) in [4.78, 5) is 25.4. The summed E-state index contributed by atoms with van der Waals surface area (Å²) in [5.74, 6) is -1.17. The van der Waals surface area contributed by atoms with Gasteiger partial charge in [-0.25, -0.2) is 0 Å². The molecule has 104 valence electrons. The second kappa shape index (κ2) is 6.21. The minimum Gasteiger partial charge on any atom is -0.481 e. The molecule has 1 aliphatic heterocycles. The number of carboxylic acid groups (broad SMARTS) is 1. The van der Waals surface area contributed by atoms with Gasteiger partial charge in [0, 0.05) is 18.5 Å². The Bertz CT molecular complexity index is 316.